The van der Waals surface area contributed by atoms with Crippen molar-refractivity contribution in [2.75, 3.05) is 12.3 Å². The minimum absolute atomic E-state index is 0.234. The average Bonchev–Trinajstić information content (AvgIpc) is 2.80. The molecule has 0 spiro atoms. The van der Waals surface area contributed by atoms with E-state index < -0.39 is 0 Å². The van der Waals surface area contributed by atoms with E-state index in [-0.39, 0.29) is 11.6 Å². The molecule has 0 fully saturated rings. The van der Waals surface area contributed by atoms with Gasteiger partial charge in [-0.3, -0.25) is 9.89 Å². The highest BCUT2D eigenvalue weighted by molar-refractivity contribution is 5.96. The monoisotopic (exact) mass is 259 g/mol. The number of amides is 1. The topological polar surface area (TPSA) is 96.7 Å². The van der Waals surface area contributed by atoms with E-state index in [9.17, 15) is 4.79 Å². The van der Waals surface area contributed by atoms with E-state index in [4.69, 9.17) is 5.73 Å². The van der Waals surface area contributed by atoms with E-state index in [1.807, 2.05) is 13.1 Å². The number of carbonyl (C=O) groups excluding carboxylic acids is 1. The summed E-state index contributed by atoms with van der Waals surface area (Å²) in [6, 6.07) is 3.37. The molecule has 0 aliphatic rings. The summed E-state index contributed by atoms with van der Waals surface area (Å²) >= 11 is 0. The number of carbonyl (C=O) groups is 1. The second-order valence-electron chi connectivity index (χ2n) is 4.32. The first-order valence-electron chi connectivity index (χ1n) is 6.16. The minimum atomic E-state index is -0.234. The van der Waals surface area contributed by atoms with E-state index in [0.717, 1.165) is 18.5 Å². The number of aryl methyl sites for hydroxylation is 2. The van der Waals surface area contributed by atoms with Gasteiger partial charge in [0.05, 0.1) is 11.9 Å². The zero-order valence-electron chi connectivity index (χ0n) is 10.8. The Labute approximate surface area is 111 Å². The second-order valence-corrected chi connectivity index (χ2v) is 4.32. The van der Waals surface area contributed by atoms with Crippen molar-refractivity contribution in [2.24, 2.45) is 0 Å². The zero-order chi connectivity index (χ0) is 13.7. The predicted molar refractivity (Wildman–Crippen MR) is 72.6 cm³/mol. The number of H-pyrrole nitrogens is 1. The summed E-state index contributed by atoms with van der Waals surface area (Å²) < 4.78 is 0. The van der Waals surface area contributed by atoms with Crippen LogP contribution in [0.25, 0.3) is 0 Å². The number of aromatic amines is 1. The molecule has 0 aliphatic carbocycles. The van der Waals surface area contributed by atoms with Crippen molar-refractivity contribution in [3.05, 3.63) is 41.5 Å². The first kappa shape index (κ1) is 13.1. The summed E-state index contributed by atoms with van der Waals surface area (Å²) in [5.74, 6) is -0.234. The van der Waals surface area contributed by atoms with Crippen LogP contribution in [0.2, 0.25) is 0 Å². The first-order valence-corrected chi connectivity index (χ1v) is 6.16. The Kier molecular flexibility index (Phi) is 4.12. The third-order valence-corrected chi connectivity index (χ3v) is 2.90. The maximum absolute atomic E-state index is 11.8. The molecule has 2 aromatic heterocycles. The van der Waals surface area contributed by atoms with Crippen LogP contribution in [0, 0.1) is 6.92 Å². The molecule has 0 radical (unpaired) electrons. The predicted octanol–water partition coefficient (Wildman–Crippen LogP) is 1.06. The fraction of sp³-hybridized carbons (Fsp3) is 0.308. The largest absolute Gasteiger partial charge is 0.397 e. The molecule has 1 amide bonds. The van der Waals surface area contributed by atoms with E-state index >= 15 is 0 Å². The van der Waals surface area contributed by atoms with Crippen LogP contribution >= 0.6 is 0 Å². The molecule has 2 heterocycles. The lowest BCUT2D eigenvalue weighted by atomic mass is 10.1. The van der Waals surface area contributed by atoms with Crippen molar-refractivity contribution >= 4 is 11.6 Å². The molecule has 0 unspecified atom stereocenters. The van der Waals surface area contributed by atoms with E-state index in [0.29, 0.717) is 12.2 Å². The van der Waals surface area contributed by atoms with Crippen LogP contribution < -0.4 is 11.1 Å². The summed E-state index contributed by atoms with van der Waals surface area (Å²) in [6.45, 7) is 2.56. The summed E-state index contributed by atoms with van der Waals surface area (Å²) in [6.07, 6.45) is 5.09. The zero-order valence-corrected chi connectivity index (χ0v) is 10.8. The van der Waals surface area contributed by atoms with Crippen LogP contribution in [0.4, 0.5) is 5.69 Å². The smallest absolute Gasteiger partial charge is 0.272 e. The van der Waals surface area contributed by atoms with Gasteiger partial charge < -0.3 is 11.1 Å². The van der Waals surface area contributed by atoms with Gasteiger partial charge in [0.1, 0.15) is 0 Å². The van der Waals surface area contributed by atoms with E-state index in [2.05, 4.69) is 20.5 Å². The average molecular weight is 259 g/mol. The van der Waals surface area contributed by atoms with Crippen LogP contribution in [-0.4, -0.2) is 27.6 Å². The fourth-order valence-electron chi connectivity index (χ4n) is 1.80. The maximum Gasteiger partial charge on any atom is 0.272 e. The fourth-order valence-corrected chi connectivity index (χ4v) is 1.80. The highest BCUT2D eigenvalue weighted by atomic mass is 16.1. The molecule has 6 nitrogen and oxygen atoms in total. The van der Waals surface area contributed by atoms with Gasteiger partial charge in [-0.15, -0.1) is 0 Å². The normalized spacial score (nSPS) is 10.4. The third kappa shape index (κ3) is 3.31. The lowest BCUT2D eigenvalue weighted by molar-refractivity contribution is 0.0949. The Morgan fingerprint density at radius 3 is 3.05 bits per heavy atom. The Bertz CT molecular complexity index is 564. The Morgan fingerprint density at radius 1 is 1.53 bits per heavy atom. The van der Waals surface area contributed by atoms with Crippen molar-refractivity contribution in [2.45, 2.75) is 19.8 Å². The highest BCUT2D eigenvalue weighted by Crippen LogP contribution is 2.07. The Hall–Kier alpha value is -2.37. The van der Waals surface area contributed by atoms with Crippen LogP contribution in [-0.2, 0) is 6.42 Å². The molecule has 2 aromatic rings. The van der Waals surface area contributed by atoms with Crippen LogP contribution in [0.15, 0.2) is 24.5 Å². The molecule has 0 aromatic carbocycles. The van der Waals surface area contributed by atoms with Crippen molar-refractivity contribution in [3.8, 4) is 0 Å². The summed E-state index contributed by atoms with van der Waals surface area (Å²) in [5, 5.41) is 9.65. The Balaban J connectivity index is 1.79. The van der Waals surface area contributed by atoms with Crippen LogP contribution in [0.5, 0.6) is 0 Å². The summed E-state index contributed by atoms with van der Waals surface area (Å²) in [4.78, 5) is 15.8. The summed E-state index contributed by atoms with van der Waals surface area (Å²) in [5.41, 5.74) is 8.60. The quantitative estimate of drug-likeness (QED) is 0.699. The SMILES string of the molecule is Cc1[nH]ncc1CCCNC(=O)c1ncccc1N. The lowest BCUT2D eigenvalue weighted by Gasteiger charge is -2.06. The standard InChI is InChI=1S/C13H17N5O/c1-9-10(8-17-18-9)4-2-7-16-13(19)12-11(14)5-3-6-15-12/h3,5-6,8H,2,4,7,14H2,1H3,(H,16,19)(H,17,18). The number of pyridine rings is 1. The van der Waals surface area contributed by atoms with Gasteiger partial charge >= 0.3 is 0 Å². The van der Waals surface area contributed by atoms with Gasteiger partial charge in [-0.1, -0.05) is 0 Å². The van der Waals surface area contributed by atoms with Crippen molar-refractivity contribution in [1.29, 1.82) is 0 Å². The Morgan fingerprint density at radius 2 is 2.37 bits per heavy atom. The molecule has 0 atom stereocenters. The number of hydrogen-bond donors (Lipinski definition) is 3. The molecular formula is C13H17N5O. The number of nitrogens with one attached hydrogen (secondary N) is 2. The molecule has 100 valence electrons. The van der Waals surface area contributed by atoms with E-state index in [1.54, 1.807) is 18.3 Å². The number of nitrogen functional groups attached to an aromatic ring is 1. The summed E-state index contributed by atoms with van der Waals surface area (Å²) in [7, 11) is 0. The van der Waals surface area contributed by atoms with Gasteiger partial charge in [-0.05, 0) is 37.5 Å². The van der Waals surface area contributed by atoms with Gasteiger partial charge in [0.25, 0.3) is 5.91 Å². The number of aromatic nitrogens is 3. The molecule has 0 aliphatic heterocycles. The van der Waals surface area contributed by atoms with Gasteiger partial charge in [0, 0.05) is 18.4 Å². The van der Waals surface area contributed by atoms with Crippen molar-refractivity contribution < 1.29 is 4.79 Å². The minimum Gasteiger partial charge on any atom is -0.397 e. The maximum atomic E-state index is 11.8. The molecule has 0 saturated carbocycles. The molecule has 0 saturated heterocycles. The van der Waals surface area contributed by atoms with Gasteiger partial charge in [0.2, 0.25) is 0 Å². The highest BCUT2D eigenvalue weighted by Gasteiger charge is 2.09. The van der Waals surface area contributed by atoms with Crippen molar-refractivity contribution in [1.82, 2.24) is 20.5 Å². The third-order valence-electron chi connectivity index (χ3n) is 2.90. The number of hydrogen-bond acceptors (Lipinski definition) is 4. The van der Waals surface area contributed by atoms with Crippen LogP contribution in [0.1, 0.15) is 28.2 Å². The second kappa shape index (κ2) is 5.99. The number of nitrogens with zero attached hydrogens (tertiary/aromatic N) is 2. The van der Waals surface area contributed by atoms with Gasteiger partial charge in [-0.25, -0.2) is 4.98 Å². The van der Waals surface area contributed by atoms with Crippen molar-refractivity contribution in [3.63, 3.8) is 0 Å². The van der Waals surface area contributed by atoms with Crippen LogP contribution in [0.3, 0.4) is 0 Å². The molecule has 6 heteroatoms. The van der Waals surface area contributed by atoms with E-state index in [1.165, 1.54) is 5.56 Å². The number of anilines is 1. The molecule has 19 heavy (non-hydrogen) atoms. The number of rotatable bonds is 5. The van der Waals surface area contributed by atoms with Gasteiger partial charge in [0.15, 0.2) is 5.69 Å². The number of nitrogens with two attached hydrogens (primary N) is 1. The molecule has 0 bridgehead atoms. The molecule has 2 rings (SSSR count). The molecular weight excluding hydrogens is 242 g/mol. The lowest BCUT2D eigenvalue weighted by Crippen LogP contribution is -2.26. The molecule has 4 N–H and O–H groups in total. The first-order chi connectivity index (χ1) is 9.18. The van der Waals surface area contributed by atoms with Gasteiger partial charge in [-0.2, -0.15) is 5.10 Å².